The number of amides is 1. The standard InChI is InChI=1S/C21H20N4O2S/c1-14(16-10-5-8-15-7-3-4-9-17(15)16)22-19(26)13-28-21-24-23-20(25(21)2)18-11-6-12-27-18/h3-12,14H,13H2,1-2H3,(H,22,26). The molecule has 1 amide bonds. The number of thioether (sulfide) groups is 1. The summed E-state index contributed by atoms with van der Waals surface area (Å²) in [5.41, 5.74) is 1.11. The maximum absolute atomic E-state index is 12.5. The van der Waals surface area contributed by atoms with Crippen molar-refractivity contribution >= 4 is 28.4 Å². The highest BCUT2D eigenvalue weighted by atomic mass is 32.2. The molecule has 4 aromatic rings. The second kappa shape index (κ2) is 7.90. The van der Waals surface area contributed by atoms with E-state index >= 15 is 0 Å². The molecule has 1 unspecified atom stereocenters. The molecule has 4 rings (SSSR count). The van der Waals surface area contributed by atoms with E-state index in [9.17, 15) is 4.79 Å². The maximum Gasteiger partial charge on any atom is 0.230 e. The number of nitrogens with one attached hydrogen (secondary N) is 1. The highest BCUT2D eigenvalue weighted by Gasteiger charge is 2.16. The zero-order chi connectivity index (χ0) is 19.5. The first-order valence-electron chi connectivity index (χ1n) is 8.96. The van der Waals surface area contributed by atoms with Crippen molar-refractivity contribution < 1.29 is 9.21 Å². The highest BCUT2D eigenvalue weighted by Crippen LogP contribution is 2.25. The van der Waals surface area contributed by atoms with Gasteiger partial charge in [0, 0.05) is 7.05 Å². The lowest BCUT2D eigenvalue weighted by Crippen LogP contribution is -2.28. The van der Waals surface area contributed by atoms with Crippen LogP contribution in [0.4, 0.5) is 0 Å². The smallest absolute Gasteiger partial charge is 0.230 e. The van der Waals surface area contributed by atoms with Gasteiger partial charge in [0.15, 0.2) is 16.7 Å². The van der Waals surface area contributed by atoms with Gasteiger partial charge in [0.1, 0.15) is 0 Å². The lowest BCUT2D eigenvalue weighted by Gasteiger charge is -2.16. The third kappa shape index (κ3) is 3.66. The number of carbonyl (C=O) groups excluding carboxylic acids is 1. The van der Waals surface area contributed by atoms with Crippen LogP contribution in [0.1, 0.15) is 18.5 Å². The second-order valence-electron chi connectivity index (χ2n) is 6.49. The Morgan fingerprint density at radius 3 is 2.79 bits per heavy atom. The lowest BCUT2D eigenvalue weighted by atomic mass is 10.00. The summed E-state index contributed by atoms with van der Waals surface area (Å²) in [6.45, 7) is 2.00. The Hall–Kier alpha value is -3.06. The second-order valence-corrected chi connectivity index (χ2v) is 7.43. The molecule has 7 heteroatoms. The van der Waals surface area contributed by atoms with Crippen molar-refractivity contribution in [1.29, 1.82) is 0 Å². The van der Waals surface area contributed by atoms with Gasteiger partial charge >= 0.3 is 0 Å². The molecule has 0 saturated carbocycles. The van der Waals surface area contributed by atoms with Crippen molar-refractivity contribution in [1.82, 2.24) is 20.1 Å². The van der Waals surface area contributed by atoms with Gasteiger partial charge in [-0.3, -0.25) is 4.79 Å². The van der Waals surface area contributed by atoms with E-state index < -0.39 is 0 Å². The van der Waals surface area contributed by atoms with Crippen LogP contribution in [-0.2, 0) is 11.8 Å². The number of carbonyl (C=O) groups is 1. The summed E-state index contributed by atoms with van der Waals surface area (Å²) in [5.74, 6) is 1.50. The average molecular weight is 392 g/mol. The van der Waals surface area contributed by atoms with Gasteiger partial charge in [-0.05, 0) is 35.4 Å². The van der Waals surface area contributed by atoms with E-state index in [0.717, 1.165) is 10.9 Å². The number of hydrogen-bond acceptors (Lipinski definition) is 5. The Bertz CT molecular complexity index is 1100. The molecule has 0 radical (unpaired) electrons. The van der Waals surface area contributed by atoms with E-state index in [0.29, 0.717) is 16.7 Å². The average Bonchev–Trinajstić information content (AvgIpc) is 3.35. The van der Waals surface area contributed by atoms with Gasteiger partial charge in [0.05, 0.1) is 18.1 Å². The molecule has 0 saturated heterocycles. The van der Waals surface area contributed by atoms with Crippen LogP contribution in [0.3, 0.4) is 0 Å². The van der Waals surface area contributed by atoms with Crippen LogP contribution in [0.25, 0.3) is 22.4 Å². The first-order chi connectivity index (χ1) is 13.6. The Morgan fingerprint density at radius 1 is 1.14 bits per heavy atom. The number of fused-ring (bicyclic) bond motifs is 1. The molecule has 2 aromatic carbocycles. The van der Waals surface area contributed by atoms with Crippen molar-refractivity contribution in [3.8, 4) is 11.6 Å². The van der Waals surface area contributed by atoms with Gasteiger partial charge in [0.25, 0.3) is 0 Å². The molecule has 0 spiro atoms. The van der Waals surface area contributed by atoms with Crippen molar-refractivity contribution in [3.63, 3.8) is 0 Å². The number of furan rings is 1. The number of benzene rings is 2. The first kappa shape index (κ1) is 18.3. The summed E-state index contributed by atoms with van der Waals surface area (Å²) >= 11 is 1.35. The predicted molar refractivity (Wildman–Crippen MR) is 110 cm³/mol. The van der Waals surface area contributed by atoms with Gasteiger partial charge in [-0.2, -0.15) is 0 Å². The minimum atomic E-state index is -0.0858. The normalized spacial score (nSPS) is 12.2. The summed E-state index contributed by atoms with van der Waals surface area (Å²) in [5, 5.41) is 14.4. The Morgan fingerprint density at radius 2 is 1.96 bits per heavy atom. The molecule has 0 aliphatic rings. The van der Waals surface area contributed by atoms with Crippen LogP contribution in [0, 0.1) is 0 Å². The molecule has 0 aliphatic carbocycles. The van der Waals surface area contributed by atoms with Crippen LogP contribution in [0.15, 0.2) is 70.4 Å². The number of aromatic nitrogens is 3. The fourth-order valence-electron chi connectivity index (χ4n) is 3.18. The zero-order valence-electron chi connectivity index (χ0n) is 15.6. The first-order valence-corrected chi connectivity index (χ1v) is 9.95. The molecule has 2 heterocycles. The summed E-state index contributed by atoms with van der Waals surface area (Å²) in [6, 6.07) is 17.9. The summed E-state index contributed by atoms with van der Waals surface area (Å²) in [7, 11) is 1.86. The molecule has 1 N–H and O–H groups in total. The fourth-order valence-corrected chi connectivity index (χ4v) is 3.90. The quantitative estimate of drug-likeness (QED) is 0.498. The molecule has 6 nitrogen and oxygen atoms in total. The van der Waals surface area contributed by atoms with Gasteiger partial charge < -0.3 is 14.3 Å². The number of hydrogen-bond donors (Lipinski definition) is 1. The van der Waals surface area contributed by atoms with Crippen molar-refractivity contribution in [2.45, 2.75) is 18.1 Å². The molecule has 0 aliphatic heterocycles. The van der Waals surface area contributed by atoms with E-state index in [1.807, 2.05) is 42.8 Å². The van der Waals surface area contributed by atoms with E-state index in [4.69, 9.17) is 4.42 Å². The van der Waals surface area contributed by atoms with Gasteiger partial charge in [-0.15, -0.1) is 10.2 Å². The molecular formula is C21H20N4O2S. The topological polar surface area (TPSA) is 73.0 Å². The number of nitrogens with zero attached hydrogens (tertiary/aromatic N) is 3. The highest BCUT2D eigenvalue weighted by molar-refractivity contribution is 7.99. The van der Waals surface area contributed by atoms with Crippen molar-refractivity contribution in [2.24, 2.45) is 7.05 Å². The molecule has 28 heavy (non-hydrogen) atoms. The van der Waals surface area contributed by atoms with Crippen LogP contribution in [0.2, 0.25) is 0 Å². The fraction of sp³-hybridized carbons (Fsp3) is 0.190. The Kier molecular flexibility index (Phi) is 5.16. The Balaban J connectivity index is 1.41. The lowest BCUT2D eigenvalue weighted by molar-refractivity contribution is -0.119. The summed E-state index contributed by atoms with van der Waals surface area (Å²) in [4.78, 5) is 12.5. The van der Waals surface area contributed by atoms with Crippen LogP contribution >= 0.6 is 11.8 Å². The van der Waals surface area contributed by atoms with E-state index in [-0.39, 0.29) is 17.7 Å². The third-order valence-electron chi connectivity index (χ3n) is 4.58. The van der Waals surface area contributed by atoms with Crippen molar-refractivity contribution in [3.05, 3.63) is 66.4 Å². The maximum atomic E-state index is 12.5. The molecule has 0 bridgehead atoms. The Labute approximate surface area is 167 Å². The van der Waals surface area contributed by atoms with E-state index in [1.54, 1.807) is 12.3 Å². The van der Waals surface area contributed by atoms with E-state index in [1.165, 1.54) is 17.1 Å². The van der Waals surface area contributed by atoms with Crippen LogP contribution in [-0.4, -0.2) is 26.4 Å². The SMILES string of the molecule is CC(NC(=O)CSc1nnc(-c2ccco2)n1C)c1cccc2ccccc12. The van der Waals surface area contributed by atoms with Gasteiger partial charge in [-0.25, -0.2) is 0 Å². The monoisotopic (exact) mass is 392 g/mol. The van der Waals surface area contributed by atoms with Crippen LogP contribution < -0.4 is 5.32 Å². The predicted octanol–water partition coefficient (Wildman–Crippen LogP) is 4.20. The van der Waals surface area contributed by atoms with Gasteiger partial charge in [0.2, 0.25) is 5.91 Å². The largest absolute Gasteiger partial charge is 0.461 e. The van der Waals surface area contributed by atoms with Gasteiger partial charge in [-0.1, -0.05) is 54.2 Å². The summed E-state index contributed by atoms with van der Waals surface area (Å²) < 4.78 is 7.19. The number of rotatable bonds is 6. The van der Waals surface area contributed by atoms with E-state index in [2.05, 4.69) is 39.8 Å². The molecule has 2 aromatic heterocycles. The third-order valence-corrected chi connectivity index (χ3v) is 5.60. The molecule has 0 fully saturated rings. The molecule has 1 atom stereocenters. The minimum absolute atomic E-state index is 0.0482. The van der Waals surface area contributed by atoms with Crippen LogP contribution in [0.5, 0.6) is 0 Å². The summed E-state index contributed by atoms with van der Waals surface area (Å²) in [6.07, 6.45) is 1.60. The molecule has 142 valence electrons. The minimum Gasteiger partial charge on any atom is -0.461 e. The van der Waals surface area contributed by atoms with Crippen molar-refractivity contribution in [2.75, 3.05) is 5.75 Å². The molecular weight excluding hydrogens is 372 g/mol. The zero-order valence-corrected chi connectivity index (χ0v) is 16.4.